The Morgan fingerprint density at radius 2 is 2.57 bits per heavy atom. The molecule has 1 aromatic heterocycles. The number of hydrogen-bond donors (Lipinski definition) is 3. The summed E-state index contributed by atoms with van der Waals surface area (Å²) in [6, 6.07) is -0.557. The summed E-state index contributed by atoms with van der Waals surface area (Å²) in [5, 5.41) is 2.61. The summed E-state index contributed by atoms with van der Waals surface area (Å²) in [6.07, 6.45) is 3.65. The van der Waals surface area contributed by atoms with E-state index in [0.29, 0.717) is 18.8 Å². The zero-order valence-corrected chi connectivity index (χ0v) is 8.42. The molecule has 0 spiro atoms. The van der Waals surface area contributed by atoms with Crippen molar-refractivity contribution in [1.82, 2.24) is 15.3 Å². The number of halogens is 1. The number of hydrogen-bond acceptors (Lipinski definition) is 3. The summed E-state index contributed by atoms with van der Waals surface area (Å²) < 4.78 is 0. The molecular formula is C8H13ClN4O. The second-order valence-electron chi connectivity index (χ2n) is 2.87. The van der Waals surface area contributed by atoms with Crippen LogP contribution in [0.1, 0.15) is 5.69 Å². The normalized spacial score (nSPS) is 12.4. The number of nitrogens with one attached hydrogen (secondary N) is 2. The molecule has 5 nitrogen and oxygen atoms in total. The molecule has 0 aliphatic rings. The van der Waals surface area contributed by atoms with Gasteiger partial charge in [-0.15, -0.1) is 11.6 Å². The SMILES string of the molecule is N[C@@H](Cc1cnc[nH]1)C(=O)NCCCl. The number of aromatic nitrogens is 2. The van der Waals surface area contributed by atoms with Gasteiger partial charge in [-0.05, 0) is 0 Å². The average Bonchev–Trinajstić information content (AvgIpc) is 2.66. The van der Waals surface area contributed by atoms with Crippen molar-refractivity contribution in [2.75, 3.05) is 12.4 Å². The molecule has 6 heteroatoms. The van der Waals surface area contributed by atoms with Crippen molar-refractivity contribution >= 4 is 17.5 Å². The Kier molecular flexibility index (Phi) is 4.42. The number of imidazole rings is 1. The summed E-state index contributed by atoms with van der Waals surface area (Å²) >= 11 is 5.42. The lowest BCUT2D eigenvalue weighted by Gasteiger charge is -2.09. The molecule has 0 saturated heterocycles. The molecule has 0 bridgehead atoms. The average molecular weight is 217 g/mol. The molecule has 0 unspecified atom stereocenters. The molecule has 1 amide bonds. The van der Waals surface area contributed by atoms with Crippen LogP contribution in [0.5, 0.6) is 0 Å². The van der Waals surface area contributed by atoms with E-state index in [9.17, 15) is 4.79 Å². The smallest absolute Gasteiger partial charge is 0.237 e. The van der Waals surface area contributed by atoms with Gasteiger partial charge in [0.05, 0.1) is 12.4 Å². The Bertz CT molecular complexity index is 275. The number of rotatable bonds is 5. The second-order valence-corrected chi connectivity index (χ2v) is 3.25. The van der Waals surface area contributed by atoms with E-state index in [2.05, 4.69) is 15.3 Å². The fraction of sp³-hybridized carbons (Fsp3) is 0.500. The Labute approximate surface area is 87.0 Å². The molecule has 0 radical (unpaired) electrons. The van der Waals surface area contributed by atoms with Crippen molar-refractivity contribution in [1.29, 1.82) is 0 Å². The zero-order valence-electron chi connectivity index (χ0n) is 7.66. The fourth-order valence-electron chi connectivity index (χ4n) is 1.03. The Balaban J connectivity index is 2.34. The molecule has 0 aliphatic heterocycles. The molecule has 1 rings (SSSR count). The number of carbonyl (C=O) groups is 1. The minimum absolute atomic E-state index is 0.194. The highest BCUT2D eigenvalue weighted by atomic mass is 35.5. The highest BCUT2D eigenvalue weighted by molar-refractivity contribution is 6.18. The Morgan fingerprint density at radius 3 is 3.14 bits per heavy atom. The number of amides is 1. The van der Waals surface area contributed by atoms with Crippen LogP contribution in [0.25, 0.3) is 0 Å². The molecule has 0 fully saturated rings. The van der Waals surface area contributed by atoms with Gasteiger partial charge >= 0.3 is 0 Å². The molecule has 1 aromatic rings. The number of aromatic amines is 1. The first-order chi connectivity index (χ1) is 6.74. The van der Waals surface area contributed by atoms with Gasteiger partial charge in [-0.3, -0.25) is 4.79 Å². The molecule has 78 valence electrons. The van der Waals surface area contributed by atoms with E-state index >= 15 is 0 Å². The molecule has 0 aromatic carbocycles. The second kappa shape index (κ2) is 5.62. The Morgan fingerprint density at radius 1 is 1.79 bits per heavy atom. The fourth-order valence-corrected chi connectivity index (χ4v) is 1.12. The third-order valence-corrected chi connectivity index (χ3v) is 1.91. The number of nitrogens with two attached hydrogens (primary N) is 1. The minimum atomic E-state index is -0.557. The monoisotopic (exact) mass is 216 g/mol. The first kappa shape index (κ1) is 11.0. The van der Waals surface area contributed by atoms with E-state index in [4.69, 9.17) is 17.3 Å². The third kappa shape index (κ3) is 3.35. The number of carbonyl (C=O) groups excluding carboxylic acids is 1. The summed E-state index contributed by atoms with van der Waals surface area (Å²) in [6.45, 7) is 0.442. The topological polar surface area (TPSA) is 83.8 Å². The summed E-state index contributed by atoms with van der Waals surface area (Å²) in [5.74, 6) is 0.197. The van der Waals surface area contributed by atoms with E-state index in [1.807, 2.05) is 0 Å². The van der Waals surface area contributed by atoms with Crippen molar-refractivity contribution < 1.29 is 4.79 Å². The van der Waals surface area contributed by atoms with Crippen LogP contribution in [0, 0.1) is 0 Å². The van der Waals surface area contributed by atoms with Gasteiger partial charge in [-0.1, -0.05) is 0 Å². The van der Waals surface area contributed by atoms with Crippen molar-refractivity contribution in [3.63, 3.8) is 0 Å². The third-order valence-electron chi connectivity index (χ3n) is 1.73. The lowest BCUT2D eigenvalue weighted by Crippen LogP contribution is -2.42. The lowest BCUT2D eigenvalue weighted by atomic mass is 10.1. The van der Waals surface area contributed by atoms with Gasteiger partial charge in [0, 0.05) is 30.7 Å². The minimum Gasteiger partial charge on any atom is -0.354 e. The van der Waals surface area contributed by atoms with Crippen molar-refractivity contribution in [3.8, 4) is 0 Å². The van der Waals surface area contributed by atoms with Crippen LogP contribution in [-0.2, 0) is 11.2 Å². The van der Waals surface area contributed by atoms with E-state index in [1.165, 1.54) is 0 Å². The van der Waals surface area contributed by atoms with E-state index in [-0.39, 0.29) is 5.91 Å². The molecule has 0 aliphatic carbocycles. The van der Waals surface area contributed by atoms with Gasteiger partial charge in [0.2, 0.25) is 5.91 Å². The van der Waals surface area contributed by atoms with Crippen LogP contribution in [0.3, 0.4) is 0 Å². The van der Waals surface area contributed by atoms with Gasteiger partial charge in [-0.25, -0.2) is 4.98 Å². The maximum absolute atomic E-state index is 11.3. The summed E-state index contributed by atoms with van der Waals surface area (Å²) in [5.41, 5.74) is 6.49. The largest absolute Gasteiger partial charge is 0.354 e. The van der Waals surface area contributed by atoms with Crippen LogP contribution >= 0.6 is 11.6 Å². The maximum atomic E-state index is 11.3. The van der Waals surface area contributed by atoms with Gasteiger partial charge in [-0.2, -0.15) is 0 Å². The van der Waals surface area contributed by atoms with Crippen LogP contribution in [-0.4, -0.2) is 34.3 Å². The Hall–Kier alpha value is -1.07. The van der Waals surface area contributed by atoms with Crippen LogP contribution in [0.4, 0.5) is 0 Å². The maximum Gasteiger partial charge on any atom is 0.237 e. The van der Waals surface area contributed by atoms with Gasteiger partial charge in [0.1, 0.15) is 0 Å². The van der Waals surface area contributed by atoms with E-state index in [1.54, 1.807) is 12.5 Å². The molecular weight excluding hydrogens is 204 g/mol. The first-order valence-electron chi connectivity index (χ1n) is 4.30. The molecule has 0 saturated carbocycles. The summed E-state index contributed by atoms with van der Waals surface area (Å²) in [4.78, 5) is 18.0. The van der Waals surface area contributed by atoms with Gasteiger partial charge in [0.25, 0.3) is 0 Å². The predicted octanol–water partition coefficient (Wildman–Crippen LogP) is -0.366. The van der Waals surface area contributed by atoms with Crippen molar-refractivity contribution in [2.45, 2.75) is 12.5 Å². The van der Waals surface area contributed by atoms with Crippen molar-refractivity contribution in [3.05, 3.63) is 18.2 Å². The van der Waals surface area contributed by atoms with Crippen molar-refractivity contribution in [2.24, 2.45) is 5.73 Å². The lowest BCUT2D eigenvalue weighted by molar-refractivity contribution is -0.122. The van der Waals surface area contributed by atoms with E-state index in [0.717, 1.165) is 5.69 Å². The molecule has 1 atom stereocenters. The van der Waals surface area contributed by atoms with Crippen LogP contribution < -0.4 is 11.1 Å². The highest BCUT2D eigenvalue weighted by Gasteiger charge is 2.13. The zero-order chi connectivity index (χ0) is 10.4. The number of H-pyrrole nitrogens is 1. The van der Waals surface area contributed by atoms with Crippen LogP contribution in [0.2, 0.25) is 0 Å². The van der Waals surface area contributed by atoms with Gasteiger partial charge in [0.15, 0.2) is 0 Å². The van der Waals surface area contributed by atoms with Crippen LogP contribution in [0.15, 0.2) is 12.5 Å². The predicted molar refractivity (Wildman–Crippen MR) is 54.0 cm³/mol. The molecule has 1 heterocycles. The first-order valence-corrected chi connectivity index (χ1v) is 4.84. The quantitative estimate of drug-likeness (QED) is 0.588. The standard InChI is InChI=1S/C8H13ClN4O/c9-1-2-12-8(14)7(10)3-6-4-11-5-13-6/h4-5,7H,1-3,10H2,(H,11,13)(H,12,14)/t7-/m0/s1. The number of nitrogens with zero attached hydrogens (tertiary/aromatic N) is 1. The van der Waals surface area contributed by atoms with Gasteiger partial charge < -0.3 is 16.0 Å². The highest BCUT2D eigenvalue weighted by Crippen LogP contribution is 1.95. The summed E-state index contributed by atoms with van der Waals surface area (Å²) in [7, 11) is 0. The molecule has 14 heavy (non-hydrogen) atoms. The van der Waals surface area contributed by atoms with E-state index < -0.39 is 6.04 Å². The molecule has 4 N–H and O–H groups in total. The number of alkyl halides is 1.